The van der Waals surface area contributed by atoms with Crippen molar-refractivity contribution in [2.75, 3.05) is 26.7 Å². The molecule has 0 aliphatic carbocycles. The summed E-state index contributed by atoms with van der Waals surface area (Å²) in [5.41, 5.74) is 0.830. The second-order valence-corrected chi connectivity index (χ2v) is 7.50. The minimum absolute atomic E-state index is 0.243. The summed E-state index contributed by atoms with van der Waals surface area (Å²) in [7, 11) is 1.83. The van der Waals surface area contributed by atoms with Gasteiger partial charge in [-0.05, 0) is 49.4 Å². The molecule has 0 saturated carbocycles. The number of hydrogen-bond donors (Lipinski definition) is 2. The van der Waals surface area contributed by atoms with Gasteiger partial charge in [0.25, 0.3) is 0 Å². The van der Waals surface area contributed by atoms with Crippen molar-refractivity contribution in [3.05, 3.63) is 60.0 Å². The van der Waals surface area contributed by atoms with Crippen LogP contribution in [-0.4, -0.2) is 42.8 Å². The molecule has 0 amide bonds. The molecule has 144 valence electrons. The third-order valence-electron chi connectivity index (χ3n) is 5.16. The molecule has 3 nitrogen and oxygen atoms in total. The van der Waals surface area contributed by atoms with Crippen LogP contribution in [0.1, 0.15) is 38.3 Å². The van der Waals surface area contributed by atoms with Crippen LogP contribution < -0.4 is 5.32 Å². The number of nitrogens with zero attached hydrogens (tertiary/aromatic N) is 1. The van der Waals surface area contributed by atoms with Gasteiger partial charge in [-0.1, -0.05) is 50.3 Å². The van der Waals surface area contributed by atoms with E-state index in [1.54, 1.807) is 12.1 Å². The van der Waals surface area contributed by atoms with Gasteiger partial charge < -0.3 is 10.4 Å². The minimum Gasteiger partial charge on any atom is -0.390 e. The summed E-state index contributed by atoms with van der Waals surface area (Å²) in [6, 6.07) is 6.40. The van der Waals surface area contributed by atoms with Gasteiger partial charge in [-0.2, -0.15) is 0 Å². The van der Waals surface area contributed by atoms with Crippen molar-refractivity contribution in [2.24, 2.45) is 11.8 Å². The minimum atomic E-state index is -0.610. The monoisotopic (exact) mass is 360 g/mol. The quantitative estimate of drug-likeness (QED) is 0.755. The summed E-state index contributed by atoms with van der Waals surface area (Å²) in [4.78, 5) is 2.30. The SMILES string of the molecule is CNCC(O)C(c1cccc(F)c1)N1C/C=C\C/C=C\CC(C(C)C)C1. The van der Waals surface area contributed by atoms with Gasteiger partial charge in [-0.3, -0.25) is 4.90 Å². The Morgan fingerprint density at radius 2 is 2.00 bits per heavy atom. The molecule has 1 aliphatic rings. The first-order valence-corrected chi connectivity index (χ1v) is 9.65. The number of nitrogens with one attached hydrogen (secondary N) is 1. The highest BCUT2D eigenvalue weighted by atomic mass is 19.1. The van der Waals surface area contributed by atoms with E-state index < -0.39 is 6.10 Å². The lowest BCUT2D eigenvalue weighted by Gasteiger charge is -2.38. The molecule has 0 bridgehead atoms. The van der Waals surface area contributed by atoms with E-state index in [2.05, 4.69) is 48.4 Å². The average molecular weight is 361 g/mol. The summed E-state index contributed by atoms with van der Waals surface area (Å²) < 4.78 is 13.9. The van der Waals surface area contributed by atoms with Crippen molar-refractivity contribution in [2.45, 2.75) is 38.8 Å². The molecule has 1 heterocycles. The predicted molar refractivity (Wildman–Crippen MR) is 106 cm³/mol. The maximum absolute atomic E-state index is 13.9. The highest BCUT2D eigenvalue weighted by Crippen LogP contribution is 2.29. The molecule has 4 heteroatoms. The standard InChI is InChI=1S/C22H33FN2O/c1-17(2)19-10-7-5-4-6-8-13-25(16-19)22(21(26)15-24-3)18-11-9-12-20(23)14-18/h5-9,11-12,14,17,19,21-22,24,26H,4,10,13,15-16H2,1-3H3/b7-5-,8-6-. The van der Waals surface area contributed by atoms with Crippen molar-refractivity contribution in [3.8, 4) is 0 Å². The predicted octanol–water partition coefficient (Wildman–Crippen LogP) is 3.93. The molecule has 0 aromatic heterocycles. The lowest BCUT2D eigenvalue weighted by Crippen LogP contribution is -2.43. The second kappa shape index (κ2) is 10.6. The van der Waals surface area contributed by atoms with E-state index in [-0.39, 0.29) is 11.9 Å². The summed E-state index contributed by atoms with van der Waals surface area (Å²) >= 11 is 0. The van der Waals surface area contributed by atoms with E-state index in [0.29, 0.717) is 18.4 Å². The van der Waals surface area contributed by atoms with E-state index in [4.69, 9.17) is 0 Å². The van der Waals surface area contributed by atoms with Crippen molar-refractivity contribution in [1.82, 2.24) is 10.2 Å². The third kappa shape index (κ3) is 6.04. The van der Waals surface area contributed by atoms with E-state index in [0.717, 1.165) is 31.5 Å². The number of likely N-dealkylation sites (N-methyl/N-ethyl adjacent to an activating group) is 1. The number of aliphatic hydroxyl groups excluding tert-OH is 1. The van der Waals surface area contributed by atoms with Gasteiger partial charge in [0, 0.05) is 19.6 Å². The first kappa shape index (κ1) is 20.8. The molecule has 3 atom stereocenters. The van der Waals surface area contributed by atoms with Crippen molar-refractivity contribution >= 4 is 0 Å². The van der Waals surface area contributed by atoms with Crippen molar-refractivity contribution in [3.63, 3.8) is 0 Å². The Morgan fingerprint density at radius 3 is 2.69 bits per heavy atom. The number of hydrogen-bond acceptors (Lipinski definition) is 3. The van der Waals surface area contributed by atoms with Gasteiger partial charge >= 0.3 is 0 Å². The van der Waals surface area contributed by atoms with E-state index in [1.165, 1.54) is 6.07 Å². The molecule has 3 unspecified atom stereocenters. The van der Waals surface area contributed by atoms with Crippen molar-refractivity contribution in [1.29, 1.82) is 0 Å². The fourth-order valence-electron chi connectivity index (χ4n) is 3.60. The number of benzene rings is 1. The van der Waals surface area contributed by atoms with Gasteiger partial charge in [0.2, 0.25) is 0 Å². The lowest BCUT2D eigenvalue weighted by atomic mass is 9.89. The topological polar surface area (TPSA) is 35.5 Å². The van der Waals surface area contributed by atoms with E-state index in [1.807, 2.05) is 13.1 Å². The zero-order chi connectivity index (χ0) is 18.9. The number of aliphatic hydroxyl groups is 1. The molecule has 2 rings (SSSR count). The normalized spacial score (nSPS) is 24.2. The summed E-state index contributed by atoms with van der Waals surface area (Å²) in [6.45, 7) is 6.58. The highest BCUT2D eigenvalue weighted by molar-refractivity contribution is 5.22. The lowest BCUT2D eigenvalue weighted by molar-refractivity contribution is 0.0422. The molecule has 0 fully saturated rings. The zero-order valence-electron chi connectivity index (χ0n) is 16.2. The number of halogens is 1. The number of allylic oxidation sites excluding steroid dienone is 3. The first-order valence-electron chi connectivity index (χ1n) is 9.65. The highest BCUT2D eigenvalue weighted by Gasteiger charge is 2.29. The Bertz CT molecular complexity index is 600. The molecule has 0 saturated heterocycles. The fourth-order valence-corrected chi connectivity index (χ4v) is 3.60. The molecular weight excluding hydrogens is 327 g/mol. The summed E-state index contributed by atoms with van der Waals surface area (Å²) in [5.74, 6) is 0.778. The molecule has 1 aliphatic heterocycles. The van der Waals surface area contributed by atoms with Crippen LogP contribution in [0.25, 0.3) is 0 Å². The van der Waals surface area contributed by atoms with Crippen LogP contribution in [0.2, 0.25) is 0 Å². The summed E-state index contributed by atoms with van der Waals surface area (Å²) in [6.07, 6.45) is 10.2. The van der Waals surface area contributed by atoms with Crippen LogP contribution in [0.3, 0.4) is 0 Å². The Balaban J connectivity index is 2.36. The Labute approximate surface area is 157 Å². The van der Waals surface area contributed by atoms with Crippen LogP contribution in [0.5, 0.6) is 0 Å². The Kier molecular flexibility index (Phi) is 8.49. The van der Waals surface area contributed by atoms with Gasteiger partial charge in [0.1, 0.15) is 5.82 Å². The largest absolute Gasteiger partial charge is 0.390 e. The Morgan fingerprint density at radius 1 is 1.23 bits per heavy atom. The number of rotatable bonds is 6. The molecule has 1 aromatic carbocycles. The van der Waals surface area contributed by atoms with Crippen LogP contribution >= 0.6 is 0 Å². The van der Waals surface area contributed by atoms with Crippen LogP contribution in [0, 0.1) is 17.7 Å². The molecule has 0 radical (unpaired) electrons. The van der Waals surface area contributed by atoms with Gasteiger partial charge in [0.15, 0.2) is 0 Å². The first-order chi connectivity index (χ1) is 12.5. The maximum atomic E-state index is 13.9. The van der Waals surface area contributed by atoms with Crippen molar-refractivity contribution < 1.29 is 9.50 Å². The zero-order valence-corrected chi connectivity index (χ0v) is 16.2. The van der Waals surface area contributed by atoms with Gasteiger partial charge in [0.05, 0.1) is 12.1 Å². The van der Waals surface area contributed by atoms with Crippen LogP contribution in [0.4, 0.5) is 4.39 Å². The van der Waals surface area contributed by atoms with Gasteiger partial charge in [-0.25, -0.2) is 4.39 Å². The van der Waals surface area contributed by atoms with Gasteiger partial charge in [-0.15, -0.1) is 0 Å². The molecule has 26 heavy (non-hydrogen) atoms. The second-order valence-electron chi connectivity index (χ2n) is 7.50. The third-order valence-corrected chi connectivity index (χ3v) is 5.16. The van der Waals surface area contributed by atoms with Crippen LogP contribution in [0.15, 0.2) is 48.6 Å². The molecule has 0 spiro atoms. The van der Waals surface area contributed by atoms with E-state index >= 15 is 0 Å². The molecule has 2 N–H and O–H groups in total. The smallest absolute Gasteiger partial charge is 0.123 e. The van der Waals surface area contributed by atoms with Crippen LogP contribution in [-0.2, 0) is 0 Å². The van der Waals surface area contributed by atoms with E-state index in [9.17, 15) is 9.50 Å². The fraction of sp³-hybridized carbons (Fsp3) is 0.545. The Hall–Kier alpha value is -1.49. The summed E-state index contributed by atoms with van der Waals surface area (Å²) in [5, 5.41) is 13.9. The molecular formula is C22H33FN2O. The maximum Gasteiger partial charge on any atom is 0.123 e. The molecule has 1 aromatic rings. The average Bonchev–Trinajstić information content (AvgIpc) is 2.60.